The quantitative estimate of drug-likeness (QED) is 0.0392. The monoisotopic (exact) mass is 916 g/mol. The van der Waals surface area contributed by atoms with Crippen LogP contribution in [0.3, 0.4) is 0 Å². The molecule has 0 saturated carbocycles. The van der Waals surface area contributed by atoms with E-state index in [1.165, 1.54) is 57.8 Å². The Labute approximate surface area is 382 Å². The average molecular weight is 916 g/mol. The Morgan fingerprint density at radius 3 is 1.45 bits per heavy atom. The molecule has 0 radical (unpaired) electrons. The summed E-state index contributed by atoms with van der Waals surface area (Å²) in [4.78, 5) is 82.3. The summed E-state index contributed by atoms with van der Waals surface area (Å²) in [6.45, 7) is 3.50. The summed E-state index contributed by atoms with van der Waals surface area (Å²) in [6, 6.07) is -1.10. The highest BCUT2D eigenvalue weighted by atomic mass is 16.5. The number of amides is 3. The minimum atomic E-state index is -1.15. The molecule has 6 N–H and O–H groups in total. The highest BCUT2D eigenvalue weighted by Gasteiger charge is 2.21. The zero-order valence-electron chi connectivity index (χ0n) is 39.2. The molecular formula is C47H85N3O14. The normalized spacial score (nSPS) is 12.1. The fourth-order valence-corrected chi connectivity index (χ4v) is 6.96. The fraction of sp³-hybridized carbons (Fsp3) is 0.851. The number of ketones is 2. The molecule has 0 saturated heterocycles. The number of nitrogens with one attached hydrogen (secondary N) is 3. The van der Waals surface area contributed by atoms with Crippen molar-refractivity contribution in [3.05, 3.63) is 0 Å². The lowest BCUT2D eigenvalue weighted by Crippen LogP contribution is -2.41. The average Bonchev–Trinajstić information content (AvgIpc) is 3.27. The van der Waals surface area contributed by atoms with Gasteiger partial charge < -0.3 is 50.2 Å². The predicted octanol–water partition coefficient (Wildman–Crippen LogP) is 5.85. The molecule has 372 valence electrons. The second-order valence-corrected chi connectivity index (χ2v) is 16.4. The van der Waals surface area contributed by atoms with E-state index in [0.29, 0.717) is 38.8 Å². The summed E-state index contributed by atoms with van der Waals surface area (Å²) < 4.78 is 21.4. The van der Waals surface area contributed by atoms with E-state index < -0.39 is 24.6 Å². The molecule has 0 bridgehead atoms. The van der Waals surface area contributed by atoms with Crippen molar-refractivity contribution in [1.29, 1.82) is 0 Å². The molecule has 17 nitrogen and oxygen atoms in total. The number of aliphatic hydroxyl groups excluding tert-OH is 1. The minimum absolute atomic E-state index is 0.0370. The van der Waals surface area contributed by atoms with Crippen LogP contribution in [-0.2, 0) is 52.5 Å². The first kappa shape index (κ1) is 60.5. The number of ether oxygens (including phenoxy) is 4. The lowest BCUT2D eigenvalue weighted by atomic mass is 9.95. The van der Waals surface area contributed by atoms with Gasteiger partial charge in [-0.25, -0.2) is 4.79 Å². The van der Waals surface area contributed by atoms with Gasteiger partial charge in [0.2, 0.25) is 17.7 Å². The fourth-order valence-electron chi connectivity index (χ4n) is 6.96. The summed E-state index contributed by atoms with van der Waals surface area (Å²) in [5, 5.41) is 35.2. The molecule has 0 heterocycles. The zero-order chi connectivity index (χ0) is 47.3. The van der Waals surface area contributed by atoms with Crippen molar-refractivity contribution in [1.82, 2.24) is 16.0 Å². The van der Waals surface area contributed by atoms with E-state index in [4.69, 9.17) is 29.2 Å². The van der Waals surface area contributed by atoms with Gasteiger partial charge >= 0.3 is 11.9 Å². The van der Waals surface area contributed by atoms with Gasteiger partial charge in [0.25, 0.3) is 0 Å². The van der Waals surface area contributed by atoms with E-state index >= 15 is 0 Å². The van der Waals surface area contributed by atoms with E-state index in [0.717, 1.165) is 51.4 Å². The van der Waals surface area contributed by atoms with Crippen molar-refractivity contribution in [3.63, 3.8) is 0 Å². The third kappa shape index (κ3) is 41.2. The molecule has 0 spiro atoms. The van der Waals surface area contributed by atoms with Gasteiger partial charge in [-0.2, -0.15) is 0 Å². The zero-order valence-corrected chi connectivity index (χ0v) is 39.2. The van der Waals surface area contributed by atoms with Crippen LogP contribution in [0.2, 0.25) is 0 Å². The van der Waals surface area contributed by atoms with Crippen LogP contribution >= 0.6 is 0 Å². The molecular weight excluding hydrogens is 831 g/mol. The number of carbonyl (C=O) groups excluding carboxylic acids is 5. The van der Waals surface area contributed by atoms with Crippen molar-refractivity contribution >= 4 is 41.2 Å². The maximum absolute atomic E-state index is 12.4. The second kappa shape index (κ2) is 44.7. The van der Waals surface area contributed by atoms with Crippen LogP contribution in [-0.4, -0.2) is 135 Å². The molecule has 0 rings (SSSR count). The summed E-state index contributed by atoms with van der Waals surface area (Å²) in [5.74, 6) is -3.09. The summed E-state index contributed by atoms with van der Waals surface area (Å²) in [6.07, 6.45) is 22.1. The molecule has 0 fully saturated rings. The molecule has 0 aliphatic carbocycles. The number of carbonyl (C=O) groups is 7. The number of Topliss-reactive ketones (excluding diaryl/α,β-unsaturated/α-hetero) is 2. The molecule has 0 aromatic carbocycles. The Hall–Kier alpha value is -3.51. The van der Waals surface area contributed by atoms with Crippen LogP contribution in [0.25, 0.3) is 0 Å². The third-order valence-corrected chi connectivity index (χ3v) is 10.8. The molecule has 17 heteroatoms. The van der Waals surface area contributed by atoms with Crippen LogP contribution in [0.1, 0.15) is 174 Å². The van der Waals surface area contributed by atoms with Crippen molar-refractivity contribution in [2.75, 3.05) is 72.6 Å². The van der Waals surface area contributed by atoms with Crippen LogP contribution in [0, 0.1) is 5.92 Å². The van der Waals surface area contributed by atoms with Gasteiger partial charge in [0, 0.05) is 51.3 Å². The van der Waals surface area contributed by atoms with E-state index in [1.54, 1.807) is 0 Å². The molecule has 0 aromatic heterocycles. The standard InChI is InChI=1S/C47H85N3O14/c1-2-39(42(53)36-51)22-19-20-28-48-44(55)37-64-35-33-62-31-29-49-45(56)38-63-34-32-61-30-21-23-40(52)26-27-41(47(59)60)50-43(54)24-17-15-13-11-9-7-5-3-4-6-8-10-12-14-16-18-25-46(57)58/h39,41,51H,2-38H2,1H3,(H,48,55)(H,49,56)(H,50,54)(H,57,58)(H,59,60)/t39-,41-/m0/s1. The van der Waals surface area contributed by atoms with Gasteiger partial charge in [0.05, 0.1) is 33.0 Å². The Bertz CT molecular complexity index is 1240. The second-order valence-electron chi connectivity index (χ2n) is 16.4. The largest absolute Gasteiger partial charge is 0.481 e. The van der Waals surface area contributed by atoms with E-state index in [9.17, 15) is 38.7 Å². The first-order valence-electron chi connectivity index (χ1n) is 24.2. The smallest absolute Gasteiger partial charge is 0.326 e. The van der Waals surface area contributed by atoms with Gasteiger partial charge in [-0.15, -0.1) is 0 Å². The Kier molecular flexibility index (Phi) is 42.2. The molecule has 0 aliphatic heterocycles. The topological polar surface area (TPSA) is 253 Å². The number of hydrogen-bond acceptors (Lipinski definition) is 12. The van der Waals surface area contributed by atoms with E-state index in [2.05, 4.69) is 16.0 Å². The van der Waals surface area contributed by atoms with Crippen LogP contribution in [0.5, 0.6) is 0 Å². The number of hydrogen-bond donors (Lipinski definition) is 6. The van der Waals surface area contributed by atoms with Crippen molar-refractivity contribution in [2.24, 2.45) is 5.92 Å². The number of unbranched alkanes of at least 4 members (excludes halogenated alkanes) is 16. The Morgan fingerprint density at radius 2 is 0.953 bits per heavy atom. The molecule has 0 aromatic rings. The minimum Gasteiger partial charge on any atom is -0.481 e. The number of carboxylic acids is 2. The maximum Gasteiger partial charge on any atom is 0.326 e. The van der Waals surface area contributed by atoms with Crippen LogP contribution < -0.4 is 16.0 Å². The van der Waals surface area contributed by atoms with Crippen LogP contribution in [0.15, 0.2) is 0 Å². The molecule has 3 amide bonds. The summed E-state index contributed by atoms with van der Waals surface area (Å²) in [7, 11) is 0. The highest BCUT2D eigenvalue weighted by Crippen LogP contribution is 2.15. The number of carboxylic acid groups (broad SMARTS) is 2. The SMILES string of the molecule is CC[C@@H](CCCCNC(=O)COCCOCCNC(=O)COCCOCCCC(=O)CC[C@H](NC(=O)CCCCCCCCCCCCCCCCCCC(=O)O)C(=O)O)C(=O)CO. The van der Waals surface area contributed by atoms with Gasteiger partial charge in [-0.1, -0.05) is 103 Å². The van der Waals surface area contributed by atoms with Crippen molar-refractivity contribution in [2.45, 2.75) is 180 Å². The first-order chi connectivity index (χ1) is 31.0. The number of rotatable bonds is 49. The third-order valence-electron chi connectivity index (χ3n) is 10.8. The predicted molar refractivity (Wildman–Crippen MR) is 243 cm³/mol. The van der Waals surface area contributed by atoms with E-state index in [-0.39, 0.29) is 120 Å². The first-order valence-corrected chi connectivity index (χ1v) is 24.2. The molecule has 2 atom stereocenters. The lowest BCUT2D eigenvalue weighted by molar-refractivity contribution is -0.142. The van der Waals surface area contributed by atoms with Crippen molar-refractivity contribution in [3.8, 4) is 0 Å². The van der Waals surface area contributed by atoms with Crippen molar-refractivity contribution < 1.29 is 67.8 Å². The van der Waals surface area contributed by atoms with Gasteiger partial charge in [-0.05, 0) is 44.9 Å². The highest BCUT2D eigenvalue weighted by molar-refractivity contribution is 5.85. The number of aliphatic hydroxyl groups is 1. The molecule has 0 aliphatic rings. The van der Waals surface area contributed by atoms with E-state index in [1.807, 2.05) is 6.92 Å². The van der Waals surface area contributed by atoms with Gasteiger partial charge in [-0.3, -0.25) is 28.8 Å². The van der Waals surface area contributed by atoms with Gasteiger partial charge in [0.1, 0.15) is 31.6 Å². The maximum atomic E-state index is 12.4. The number of aliphatic carboxylic acids is 2. The lowest BCUT2D eigenvalue weighted by Gasteiger charge is -2.14. The molecule has 64 heavy (non-hydrogen) atoms. The molecule has 0 unspecified atom stereocenters. The van der Waals surface area contributed by atoms with Gasteiger partial charge in [0.15, 0.2) is 5.78 Å². The summed E-state index contributed by atoms with van der Waals surface area (Å²) in [5.41, 5.74) is 0. The summed E-state index contributed by atoms with van der Waals surface area (Å²) >= 11 is 0. The Morgan fingerprint density at radius 1 is 0.469 bits per heavy atom. The van der Waals surface area contributed by atoms with Crippen LogP contribution in [0.4, 0.5) is 0 Å². The Balaban J connectivity index is 3.65.